The summed E-state index contributed by atoms with van der Waals surface area (Å²) in [5.74, 6) is -1.32. The zero-order valence-electron chi connectivity index (χ0n) is 11.3. The Morgan fingerprint density at radius 2 is 1.84 bits per heavy atom. The maximum absolute atomic E-state index is 13.3. The highest BCUT2D eigenvalue weighted by Gasteiger charge is 2.11. The molecule has 0 atom stereocenters. The van der Waals surface area contributed by atoms with Crippen LogP contribution in [0.3, 0.4) is 0 Å². The second kappa shape index (κ2) is 7.84. The Balaban J connectivity index is 2.32. The summed E-state index contributed by atoms with van der Waals surface area (Å²) >= 11 is 0. The third-order valence-corrected chi connectivity index (χ3v) is 2.65. The number of para-hydroxylation sites is 1. The highest BCUT2D eigenvalue weighted by atomic mass is 19.1. The summed E-state index contributed by atoms with van der Waals surface area (Å²) in [6.45, 7) is 5.57. The van der Waals surface area contributed by atoms with Crippen LogP contribution in [-0.2, 0) is 4.79 Å². The maximum Gasteiger partial charge on any atom is 0.225 e. The van der Waals surface area contributed by atoms with Crippen molar-refractivity contribution in [1.82, 2.24) is 5.32 Å². The van der Waals surface area contributed by atoms with Crippen LogP contribution >= 0.6 is 0 Å². The third-order valence-electron chi connectivity index (χ3n) is 2.65. The minimum atomic E-state index is -0.763. The lowest BCUT2D eigenvalue weighted by molar-refractivity contribution is -0.116. The van der Waals surface area contributed by atoms with E-state index in [9.17, 15) is 13.6 Å². The number of carbonyl (C=O) groups excluding carboxylic acids is 1. The van der Waals surface area contributed by atoms with Crippen molar-refractivity contribution in [2.45, 2.75) is 26.7 Å². The molecule has 0 saturated heterocycles. The van der Waals surface area contributed by atoms with Crippen LogP contribution in [-0.4, -0.2) is 19.0 Å². The molecule has 0 spiro atoms. The Labute approximate surface area is 112 Å². The van der Waals surface area contributed by atoms with Gasteiger partial charge in [-0.25, -0.2) is 8.78 Å². The number of hydrogen-bond acceptors (Lipinski definition) is 2. The molecule has 19 heavy (non-hydrogen) atoms. The van der Waals surface area contributed by atoms with Crippen LogP contribution in [0.5, 0.6) is 0 Å². The summed E-state index contributed by atoms with van der Waals surface area (Å²) in [7, 11) is 0. The van der Waals surface area contributed by atoms with Gasteiger partial charge in [-0.1, -0.05) is 19.9 Å². The van der Waals surface area contributed by atoms with Crippen molar-refractivity contribution < 1.29 is 13.6 Å². The predicted octanol–water partition coefficient (Wildman–Crippen LogP) is 2.93. The number of anilines is 1. The number of nitrogens with one attached hydrogen (secondary N) is 2. The van der Waals surface area contributed by atoms with E-state index in [4.69, 9.17) is 0 Å². The zero-order valence-corrected chi connectivity index (χ0v) is 11.3. The second-order valence-electron chi connectivity index (χ2n) is 4.83. The van der Waals surface area contributed by atoms with Gasteiger partial charge in [0.05, 0.1) is 0 Å². The lowest BCUT2D eigenvalue weighted by Crippen LogP contribution is -2.23. The van der Waals surface area contributed by atoms with Crippen molar-refractivity contribution in [2.75, 3.05) is 18.4 Å². The van der Waals surface area contributed by atoms with Gasteiger partial charge < -0.3 is 10.6 Å². The molecule has 0 fully saturated rings. The van der Waals surface area contributed by atoms with Gasteiger partial charge in [-0.3, -0.25) is 4.79 Å². The van der Waals surface area contributed by atoms with E-state index in [-0.39, 0.29) is 12.1 Å². The molecule has 1 rings (SSSR count). The Bertz CT molecular complexity index is 402. The molecule has 106 valence electrons. The summed E-state index contributed by atoms with van der Waals surface area (Å²) in [5.41, 5.74) is -0.380. The number of halogens is 2. The smallest absolute Gasteiger partial charge is 0.225 e. The summed E-state index contributed by atoms with van der Waals surface area (Å²) < 4.78 is 26.5. The second-order valence-corrected chi connectivity index (χ2v) is 4.83. The van der Waals surface area contributed by atoms with Gasteiger partial charge in [0.15, 0.2) is 0 Å². The zero-order chi connectivity index (χ0) is 14.3. The van der Waals surface area contributed by atoms with Crippen molar-refractivity contribution in [3.63, 3.8) is 0 Å². The molecular formula is C14H20F2N2O. The normalized spacial score (nSPS) is 10.8. The van der Waals surface area contributed by atoms with E-state index in [0.717, 1.165) is 25.1 Å². The van der Waals surface area contributed by atoms with Crippen molar-refractivity contribution in [2.24, 2.45) is 5.92 Å². The number of amides is 1. The molecule has 0 saturated carbocycles. The molecule has 0 aliphatic heterocycles. The number of benzene rings is 1. The topological polar surface area (TPSA) is 41.1 Å². The van der Waals surface area contributed by atoms with Crippen LogP contribution in [0.4, 0.5) is 14.5 Å². The quantitative estimate of drug-likeness (QED) is 0.748. The van der Waals surface area contributed by atoms with Gasteiger partial charge >= 0.3 is 0 Å². The standard InChI is InChI=1S/C14H20F2N2O/c1-10(2)6-8-17-9-7-13(19)18-14-11(15)4-3-5-12(14)16/h3-5,10,17H,6-9H2,1-2H3,(H,18,19). The average Bonchev–Trinajstić information content (AvgIpc) is 2.33. The summed E-state index contributed by atoms with van der Waals surface area (Å²) in [4.78, 5) is 11.5. The first-order valence-corrected chi connectivity index (χ1v) is 6.45. The van der Waals surface area contributed by atoms with Crippen LogP contribution in [0, 0.1) is 17.6 Å². The van der Waals surface area contributed by atoms with Crippen LogP contribution in [0.15, 0.2) is 18.2 Å². The molecular weight excluding hydrogens is 250 g/mol. The van der Waals surface area contributed by atoms with E-state index >= 15 is 0 Å². The molecule has 2 N–H and O–H groups in total. The molecule has 1 aromatic carbocycles. The summed E-state index contributed by atoms with van der Waals surface area (Å²) in [6.07, 6.45) is 1.22. The van der Waals surface area contributed by atoms with Crippen LogP contribution < -0.4 is 10.6 Å². The Kier molecular flexibility index (Phi) is 6.42. The molecule has 1 aromatic rings. The van der Waals surface area contributed by atoms with Gasteiger partial charge in [-0.2, -0.15) is 0 Å². The Hall–Kier alpha value is -1.49. The van der Waals surface area contributed by atoms with Gasteiger partial charge in [0, 0.05) is 13.0 Å². The molecule has 0 aromatic heterocycles. The Morgan fingerprint density at radius 3 is 2.42 bits per heavy atom. The minimum Gasteiger partial charge on any atom is -0.321 e. The molecule has 5 heteroatoms. The van der Waals surface area contributed by atoms with Crippen LogP contribution in [0.2, 0.25) is 0 Å². The SMILES string of the molecule is CC(C)CCNCCC(=O)Nc1c(F)cccc1F. The van der Waals surface area contributed by atoms with Gasteiger partial charge in [0.2, 0.25) is 5.91 Å². The third kappa shape index (κ3) is 5.79. The maximum atomic E-state index is 13.3. The van der Waals surface area contributed by atoms with Crippen LogP contribution in [0.25, 0.3) is 0 Å². The lowest BCUT2D eigenvalue weighted by atomic mass is 10.1. The molecule has 0 bridgehead atoms. The first kappa shape index (κ1) is 15.6. The molecule has 3 nitrogen and oxygen atoms in total. The largest absolute Gasteiger partial charge is 0.321 e. The number of rotatable bonds is 7. The van der Waals surface area contributed by atoms with E-state index < -0.39 is 17.5 Å². The molecule has 0 unspecified atom stereocenters. The van der Waals surface area contributed by atoms with E-state index in [0.29, 0.717) is 12.5 Å². The molecule has 1 amide bonds. The molecule has 0 radical (unpaired) electrons. The fourth-order valence-electron chi connectivity index (χ4n) is 1.54. The minimum absolute atomic E-state index is 0.186. The van der Waals surface area contributed by atoms with Crippen molar-refractivity contribution in [3.05, 3.63) is 29.8 Å². The molecule has 0 aliphatic rings. The van der Waals surface area contributed by atoms with Gasteiger partial charge in [0.25, 0.3) is 0 Å². The van der Waals surface area contributed by atoms with Crippen LogP contribution in [0.1, 0.15) is 26.7 Å². The van der Waals surface area contributed by atoms with Gasteiger partial charge in [-0.05, 0) is 31.0 Å². The first-order valence-electron chi connectivity index (χ1n) is 6.45. The van der Waals surface area contributed by atoms with E-state index in [1.54, 1.807) is 0 Å². The number of carbonyl (C=O) groups is 1. The highest BCUT2D eigenvalue weighted by Crippen LogP contribution is 2.17. The fraction of sp³-hybridized carbons (Fsp3) is 0.500. The predicted molar refractivity (Wildman–Crippen MR) is 71.9 cm³/mol. The van der Waals surface area contributed by atoms with E-state index in [1.807, 2.05) is 0 Å². The molecule has 0 aliphatic carbocycles. The summed E-state index contributed by atoms with van der Waals surface area (Å²) in [6, 6.07) is 3.48. The average molecular weight is 270 g/mol. The lowest BCUT2D eigenvalue weighted by Gasteiger charge is -2.09. The van der Waals surface area contributed by atoms with Crippen molar-refractivity contribution in [3.8, 4) is 0 Å². The van der Waals surface area contributed by atoms with Gasteiger partial charge in [0.1, 0.15) is 17.3 Å². The molecule has 0 heterocycles. The summed E-state index contributed by atoms with van der Waals surface area (Å²) in [5, 5.41) is 5.36. The van der Waals surface area contributed by atoms with E-state index in [1.165, 1.54) is 6.07 Å². The van der Waals surface area contributed by atoms with Gasteiger partial charge in [-0.15, -0.1) is 0 Å². The fourth-order valence-corrected chi connectivity index (χ4v) is 1.54. The number of hydrogen-bond donors (Lipinski definition) is 2. The van der Waals surface area contributed by atoms with Crippen molar-refractivity contribution in [1.29, 1.82) is 0 Å². The van der Waals surface area contributed by atoms with E-state index in [2.05, 4.69) is 24.5 Å². The monoisotopic (exact) mass is 270 g/mol. The Morgan fingerprint density at radius 1 is 1.21 bits per heavy atom. The first-order chi connectivity index (χ1) is 9.00. The van der Waals surface area contributed by atoms with Crippen molar-refractivity contribution >= 4 is 11.6 Å². The highest BCUT2D eigenvalue weighted by molar-refractivity contribution is 5.91.